The number of pyridine rings is 1. The number of benzene rings is 1. The maximum atomic E-state index is 13.0. The first kappa shape index (κ1) is 15.2. The lowest BCUT2D eigenvalue weighted by Crippen LogP contribution is -3.00. The number of carbonyl (C=O) groups is 1. The first-order valence-corrected chi connectivity index (χ1v) is 5.51. The van der Waals surface area contributed by atoms with E-state index in [1.807, 2.05) is 25.1 Å². The molecule has 0 aliphatic carbocycles. The first-order valence-electron chi connectivity index (χ1n) is 5.51. The van der Waals surface area contributed by atoms with Crippen LogP contribution in [-0.2, 0) is 6.54 Å². The molecular formula is C14H12ClF2NO. The summed E-state index contributed by atoms with van der Waals surface area (Å²) in [5.74, 6) is -2.21. The van der Waals surface area contributed by atoms with E-state index in [1.54, 1.807) is 10.8 Å². The molecule has 0 aliphatic rings. The molecule has 19 heavy (non-hydrogen) atoms. The lowest BCUT2D eigenvalue weighted by atomic mass is 10.1. The van der Waals surface area contributed by atoms with Crippen molar-refractivity contribution in [3.8, 4) is 0 Å². The largest absolute Gasteiger partial charge is 1.00 e. The molecule has 1 aromatic carbocycles. The van der Waals surface area contributed by atoms with Crippen molar-refractivity contribution in [1.82, 2.24) is 0 Å². The quantitative estimate of drug-likeness (QED) is 0.547. The first-order chi connectivity index (χ1) is 8.58. The van der Waals surface area contributed by atoms with E-state index in [4.69, 9.17) is 0 Å². The zero-order valence-corrected chi connectivity index (χ0v) is 11.0. The third kappa shape index (κ3) is 3.58. The zero-order chi connectivity index (χ0) is 13.1. The van der Waals surface area contributed by atoms with Gasteiger partial charge in [0.1, 0.15) is 0 Å². The molecule has 0 amide bonds. The van der Waals surface area contributed by atoms with Crippen molar-refractivity contribution in [1.29, 1.82) is 0 Å². The monoisotopic (exact) mass is 283 g/mol. The fourth-order valence-corrected chi connectivity index (χ4v) is 1.65. The molecule has 0 fully saturated rings. The van der Waals surface area contributed by atoms with Crippen LogP contribution in [0, 0.1) is 18.6 Å². The van der Waals surface area contributed by atoms with Crippen molar-refractivity contribution < 1.29 is 30.5 Å². The molecule has 1 heterocycles. The van der Waals surface area contributed by atoms with Crippen LogP contribution in [0.3, 0.4) is 0 Å². The second-order valence-corrected chi connectivity index (χ2v) is 4.02. The molecule has 2 rings (SSSR count). The Balaban J connectivity index is 0.00000180. The number of ketones is 1. The number of aryl methyl sites for hydroxylation is 1. The van der Waals surface area contributed by atoms with Crippen molar-refractivity contribution in [3.05, 3.63) is 65.5 Å². The number of halogens is 3. The normalized spacial score (nSPS) is 9.84. The molecule has 0 spiro atoms. The van der Waals surface area contributed by atoms with E-state index >= 15 is 0 Å². The highest BCUT2D eigenvalue weighted by Gasteiger charge is 2.15. The minimum atomic E-state index is -1.00. The van der Waals surface area contributed by atoms with E-state index in [-0.39, 0.29) is 30.3 Å². The van der Waals surface area contributed by atoms with Crippen LogP contribution in [0.4, 0.5) is 8.78 Å². The van der Waals surface area contributed by atoms with Gasteiger partial charge in [-0.25, -0.2) is 8.78 Å². The Bertz CT molecular complexity index is 602. The average Bonchev–Trinajstić information content (AvgIpc) is 2.35. The van der Waals surface area contributed by atoms with Crippen molar-refractivity contribution in [2.24, 2.45) is 0 Å². The van der Waals surface area contributed by atoms with Crippen molar-refractivity contribution >= 4 is 5.78 Å². The van der Waals surface area contributed by atoms with Crippen LogP contribution in [0.25, 0.3) is 0 Å². The number of aromatic nitrogens is 1. The van der Waals surface area contributed by atoms with E-state index in [0.717, 1.165) is 17.8 Å². The fraction of sp³-hybridized carbons (Fsp3) is 0.143. The molecule has 1 aromatic heterocycles. The molecule has 0 atom stereocenters. The standard InChI is InChI=1S/C14H12F2NO.ClH/c1-10-4-2-3-7-17(10)9-14(18)11-5-6-12(15)13(16)8-11;/h2-8H,9H2,1H3;1H/q+1;/p-1. The lowest BCUT2D eigenvalue weighted by Gasteiger charge is -2.01. The predicted molar refractivity (Wildman–Crippen MR) is 62.1 cm³/mol. The number of hydrogen-bond donors (Lipinski definition) is 0. The molecule has 0 saturated carbocycles. The highest BCUT2D eigenvalue weighted by Crippen LogP contribution is 2.09. The van der Waals surface area contributed by atoms with Gasteiger partial charge in [0, 0.05) is 24.6 Å². The van der Waals surface area contributed by atoms with Crippen LogP contribution in [0.2, 0.25) is 0 Å². The third-order valence-electron chi connectivity index (χ3n) is 2.72. The molecule has 100 valence electrons. The van der Waals surface area contributed by atoms with Gasteiger partial charge in [-0.1, -0.05) is 6.07 Å². The van der Waals surface area contributed by atoms with E-state index in [1.165, 1.54) is 6.07 Å². The average molecular weight is 284 g/mol. The van der Waals surface area contributed by atoms with Crippen LogP contribution in [-0.4, -0.2) is 5.78 Å². The van der Waals surface area contributed by atoms with Gasteiger partial charge in [0.15, 0.2) is 23.5 Å². The second kappa shape index (κ2) is 6.38. The zero-order valence-electron chi connectivity index (χ0n) is 10.2. The van der Waals surface area contributed by atoms with Crippen LogP contribution >= 0.6 is 0 Å². The summed E-state index contributed by atoms with van der Waals surface area (Å²) in [6, 6.07) is 8.74. The Kier molecular flexibility index (Phi) is 5.12. The summed E-state index contributed by atoms with van der Waals surface area (Å²) >= 11 is 0. The molecule has 0 N–H and O–H groups in total. The molecule has 0 radical (unpaired) electrons. The van der Waals surface area contributed by atoms with Crippen LogP contribution < -0.4 is 17.0 Å². The lowest BCUT2D eigenvalue weighted by molar-refractivity contribution is -0.689. The Morgan fingerprint density at radius 3 is 2.53 bits per heavy atom. The summed E-state index contributed by atoms with van der Waals surface area (Å²) in [5, 5.41) is 0. The molecule has 2 nitrogen and oxygen atoms in total. The number of Topliss-reactive ketones (excluding diaryl/α,β-unsaturated/α-hetero) is 1. The summed E-state index contributed by atoms with van der Waals surface area (Å²) in [7, 11) is 0. The van der Waals surface area contributed by atoms with Gasteiger partial charge in [0.2, 0.25) is 12.3 Å². The van der Waals surface area contributed by atoms with Crippen LogP contribution in [0.15, 0.2) is 42.6 Å². The van der Waals surface area contributed by atoms with E-state index in [9.17, 15) is 13.6 Å². The highest BCUT2D eigenvalue weighted by molar-refractivity contribution is 5.95. The van der Waals surface area contributed by atoms with Gasteiger partial charge in [-0.2, -0.15) is 4.57 Å². The number of carbonyl (C=O) groups excluding carboxylic acids is 1. The topological polar surface area (TPSA) is 20.9 Å². The van der Waals surface area contributed by atoms with E-state index in [2.05, 4.69) is 0 Å². The molecule has 0 bridgehead atoms. The minimum absolute atomic E-state index is 0. The Labute approximate surface area is 116 Å². The Morgan fingerprint density at radius 2 is 1.89 bits per heavy atom. The van der Waals surface area contributed by atoms with E-state index in [0.29, 0.717) is 0 Å². The van der Waals surface area contributed by atoms with Gasteiger partial charge in [-0.15, -0.1) is 0 Å². The second-order valence-electron chi connectivity index (χ2n) is 4.02. The van der Waals surface area contributed by atoms with Crippen molar-refractivity contribution in [2.75, 3.05) is 0 Å². The van der Waals surface area contributed by atoms with Crippen molar-refractivity contribution in [2.45, 2.75) is 13.5 Å². The van der Waals surface area contributed by atoms with Gasteiger partial charge in [-0.3, -0.25) is 4.79 Å². The van der Waals surface area contributed by atoms with Gasteiger partial charge >= 0.3 is 0 Å². The third-order valence-corrected chi connectivity index (χ3v) is 2.72. The van der Waals surface area contributed by atoms with Gasteiger partial charge in [0.05, 0.1) is 0 Å². The number of hydrogen-bond acceptors (Lipinski definition) is 1. The number of rotatable bonds is 3. The SMILES string of the molecule is Cc1cccc[n+]1CC(=O)c1ccc(F)c(F)c1.[Cl-]. The molecule has 2 aromatic rings. The summed E-state index contributed by atoms with van der Waals surface area (Å²) in [6.07, 6.45) is 1.77. The maximum absolute atomic E-state index is 13.0. The van der Waals surface area contributed by atoms with Crippen LogP contribution in [0.5, 0.6) is 0 Å². The molecule has 0 saturated heterocycles. The highest BCUT2D eigenvalue weighted by atomic mass is 35.5. The Hall–Kier alpha value is -1.81. The van der Waals surface area contributed by atoms with Gasteiger partial charge in [0.25, 0.3) is 0 Å². The molecular weight excluding hydrogens is 272 g/mol. The molecule has 0 unspecified atom stereocenters. The molecule has 0 aliphatic heterocycles. The van der Waals surface area contributed by atoms with Crippen LogP contribution in [0.1, 0.15) is 16.1 Å². The summed E-state index contributed by atoms with van der Waals surface area (Å²) in [6.45, 7) is 1.98. The smallest absolute Gasteiger partial charge is 0.227 e. The maximum Gasteiger partial charge on any atom is 0.227 e. The van der Waals surface area contributed by atoms with Gasteiger partial charge in [-0.05, 0) is 18.2 Å². The van der Waals surface area contributed by atoms with Gasteiger partial charge < -0.3 is 12.4 Å². The summed E-state index contributed by atoms with van der Waals surface area (Å²) < 4.78 is 27.5. The van der Waals surface area contributed by atoms with Crippen molar-refractivity contribution in [3.63, 3.8) is 0 Å². The number of nitrogens with zero attached hydrogens (tertiary/aromatic N) is 1. The fourth-order valence-electron chi connectivity index (χ4n) is 1.65. The Morgan fingerprint density at radius 1 is 1.16 bits per heavy atom. The van der Waals surface area contributed by atoms with E-state index < -0.39 is 11.6 Å². The molecule has 5 heteroatoms. The minimum Gasteiger partial charge on any atom is -1.00 e. The predicted octanol–water partition coefficient (Wildman–Crippen LogP) is -0.552. The summed E-state index contributed by atoms with van der Waals surface area (Å²) in [5.41, 5.74) is 1.10. The summed E-state index contributed by atoms with van der Waals surface area (Å²) in [4.78, 5) is 11.9.